The van der Waals surface area contributed by atoms with Crippen molar-refractivity contribution in [3.8, 4) is 0 Å². The van der Waals surface area contributed by atoms with E-state index in [0.29, 0.717) is 0 Å². The molecule has 0 aliphatic carbocycles. The van der Waals surface area contributed by atoms with Crippen LogP contribution in [0, 0.1) is 5.92 Å². The van der Waals surface area contributed by atoms with Gasteiger partial charge in [-0.15, -0.1) is 11.8 Å². The molecule has 0 saturated carbocycles. The summed E-state index contributed by atoms with van der Waals surface area (Å²) in [7, 11) is 0. The Morgan fingerprint density at radius 3 is 2.40 bits per heavy atom. The summed E-state index contributed by atoms with van der Waals surface area (Å²) < 4.78 is 0. The third kappa shape index (κ3) is 5.86. The first-order valence-electron chi connectivity index (χ1n) is 7.74. The van der Waals surface area contributed by atoms with Crippen molar-refractivity contribution in [2.24, 2.45) is 11.7 Å². The highest BCUT2D eigenvalue weighted by atomic mass is 32.2. The number of hydrogen-bond donors (Lipinski definition) is 2. The van der Waals surface area contributed by atoms with Crippen molar-refractivity contribution in [3.63, 3.8) is 0 Å². The molecule has 1 rings (SSSR count). The average Bonchev–Trinajstić information content (AvgIpc) is 2.44. The molecule has 0 fully saturated rings. The van der Waals surface area contributed by atoms with E-state index in [-0.39, 0.29) is 6.04 Å². The van der Waals surface area contributed by atoms with E-state index < -0.39 is 6.10 Å². The van der Waals surface area contributed by atoms with Gasteiger partial charge in [0.2, 0.25) is 0 Å². The molecule has 0 heterocycles. The molecule has 0 saturated heterocycles. The molecule has 0 bridgehead atoms. The highest BCUT2D eigenvalue weighted by molar-refractivity contribution is 7.99. The van der Waals surface area contributed by atoms with Crippen LogP contribution in [0.15, 0.2) is 29.2 Å². The van der Waals surface area contributed by atoms with Gasteiger partial charge in [0.25, 0.3) is 0 Å². The molecule has 0 aliphatic rings. The summed E-state index contributed by atoms with van der Waals surface area (Å²) in [6.45, 7) is 6.26. The van der Waals surface area contributed by atoms with E-state index in [1.165, 1.54) is 36.3 Å². The number of benzene rings is 1. The summed E-state index contributed by atoms with van der Waals surface area (Å²) >= 11 is 1.91. The highest BCUT2D eigenvalue weighted by Crippen LogP contribution is 2.27. The number of rotatable bonds is 9. The Morgan fingerprint density at radius 1 is 1.20 bits per heavy atom. The van der Waals surface area contributed by atoms with E-state index in [1.807, 2.05) is 23.9 Å². The van der Waals surface area contributed by atoms with Gasteiger partial charge in [-0.1, -0.05) is 38.8 Å². The van der Waals surface area contributed by atoms with Crippen LogP contribution in [0.25, 0.3) is 0 Å². The molecule has 3 heteroatoms. The van der Waals surface area contributed by atoms with Crippen LogP contribution in [-0.2, 0) is 0 Å². The Hall–Kier alpha value is -0.510. The van der Waals surface area contributed by atoms with Crippen LogP contribution < -0.4 is 5.73 Å². The lowest BCUT2D eigenvalue weighted by atomic mass is 10.0. The van der Waals surface area contributed by atoms with E-state index >= 15 is 0 Å². The molecule has 2 nitrogen and oxygen atoms in total. The molecular formula is C17H29NOS. The fourth-order valence-corrected chi connectivity index (χ4v) is 3.59. The van der Waals surface area contributed by atoms with Crippen molar-refractivity contribution >= 4 is 11.8 Å². The van der Waals surface area contributed by atoms with Gasteiger partial charge in [-0.2, -0.15) is 0 Å². The van der Waals surface area contributed by atoms with Crippen molar-refractivity contribution in [1.29, 1.82) is 0 Å². The largest absolute Gasteiger partial charge is 0.391 e. The highest BCUT2D eigenvalue weighted by Gasteiger charge is 2.13. The zero-order valence-electron chi connectivity index (χ0n) is 13.0. The lowest BCUT2D eigenvalue weighted by Crippen LogP contribution is -2.23. The van der Waals surface area contributed by atoms with Crippen molar-refractivity contribution in [3.05, 3.63) is 29.8 Å². The summed E-state index contributed by atoms with van der Waals surface area (Å²) in [6, 6.07) is 8.00. The fraction of sp³-hybridized carbons (Fsp3) is 0.647. The minimum atomic E-state index is -0.511. The first kappa shape index (κ1) is 17.5. The summed E-state index contributed by atoms with van der Waals surface area (Å²) in [4.78, 5) is 1.26. The van der Waals surface area contributed by atoms with E-state index in [2.05, 4.69) is 26.0 Å². The van der Waals surface area contributed by atoms with Gasteiger partial charge in [0, 0.05) is 10.6 Å². The quantitative estimate of drug-likeness (QED) is 0.665. The van der Waals surface area contributed by atoms with Gasteiger partial charge in [-0.05, 0) is 43.4 Å². The van der Waals surface area contributed by atoms with Gasteiger partial charge in [-0.3, -0.25) is 0 Å². The monoisotopic (exact) mass is 295 g/mol. The molecule has 0 radical (unpaired) electrons. The number of aliphatic hydroxyl groups is 1. The van der Waals surface area contributed by atoms with Crippen molar-refractivity contribution < 1.29 is 5.11 Å². The Bertz CT molecular complexity index is 375. The molecular weight excluding hydrogens is 266 g/mol. The predicted octanol–water partition coefficient (Wildman–Crippen LogP) is 4.38. The maximum absolute atomic E-state index is 9.59. The second-order valence-corrected chi connectivity index (χ2v) is 6.69. The van der Waals surface area contributed by atoms with Gasteiger partial charge in [-0.25, -0.2) is 0 Å². The molecule has 3 N–H and O–H groups in total. The third-order valence-electron chi connectivity index (χ3n) is 3.64. The second-order valence-electron chi connectivity index (χ2n) is 5.59. The van der Waals surface area contributed by atoms with Crippen LogP contribution >= 0.6 is 11.8 Å². The van der Waals surface area contributed by atoms with E-state index in [0.717, 1.165) is 11.5 Å². The topological polar surface area (TPSA) is 46.2 Å². The maximum Gasteiger partial charge on any atom is 0.0704 e. The summed E-state index contributed by atoms with van der Waals surface area (Å²) in [5.41, 5.74) is 7.02. The zero-order valence-corrected chi connectivity index (χ0v) is 13.8. The lowest BCUT2D eigenvalue weighted by molar-refractivity contribution is 0.164. The van der Waals surface area contributed by atoms with E-state index in [4.69, 9.17) is 5.73 Å². The standard InChI is InChI=1S/C17H29NOS/c1-4-7-14(8-5-2)12-20-16-10-6-9-15(11-16)17(18)13(3)19/h6,9-11,13-14,17,19H,4-5,7-8,12,18H2,1-3H3. The Kier molecular flexibility index (Phi) is 8.27. The molecule has 20 heavy (non-hydrogen) atoms. The SMILES string of the molecule is CCCC(CCC)CSc1cccc(C(N)C(C)O)c1. The van der Waals surface area contributed by atoms with Crippen molar-refractivity contribution in [2.75, 3.05) is 5.75 Å². The minimum Gasteiger partial charge on any atom is -0.391 e. The summed E-state index contributed by atoms with van der Waals surface area (Å²) in [5, 5.41) is 9.59. The molecule has 114 valence electrons. The zero-order chi connectivity index (χ0) is 15.0. The van der Waals surface area contributed by atoms with Gasteiger partial charge in [0.05, 0.1) is 12.1 Å². The normalized spacial score (nSPS) is 14.5. The first-order valence-corrected chi connectivity index (χ1v) is 8.73. The van der Waals surface area contributed by atoms with Crippen LogP contribution in [0.5, 0.6) is 0 Å². The second kappa shape index (κ2) is 9.43. The molecule has 1 aromatic carbocycles. The summed E-state index contributed by atoms with van der Waals surface area (Å²) in [6.07, 6.45) is 4.64. The minimum absolute atomic E-state index is 0.294. The molecule has 1 aromatic rings. The summed E-state index contributed by atoms with van der Waals surface area (Å²) in [5.74, 6) is 1.98. The molecule has 0 amide bonds. The van der Waals surface area contributed by atoms with E-state index in [9.17, 15) is 5.11 Å². The van der Waals surface area contributed by atoms with Crippen LogP contribution in [0.2, 0.25) is 0 Å². The van der Waals surface area contributed by atoms with Crippen LogP contribution in [0.4, 0.5) is 0 Å². The number of hydrogen-bond acceptors (Lipinski definition) is 3. The number of thioether (sulfide) groups is 1. The Labute approximate surface area is 128 Å². The molecule has 0 spiro atoms. The van der Waals surface area contributed by atoms with Gasteiger partial charge >= 0.3 is 0 Å². The van der Waals surface area contributed by atoms with E-state index in [1.54, 1.807) is 6.92 Å². The Balaban J connectivity index is 2.61. The van der Waals surface area contributed by atoms with Crippen molar-refractivity contribution in [2.45, 2.75) is 63.5 Å². The first-order chi connectivity index (χ1) is 9.58. The molecule has 0 aromatic heterocycles. The van der Waals surface area contributed by atoms with Crippen LogP contribution in [0.1, 0.15) is 58.1 Å². The third-order valence-corrected chi connectivity index (χ3v) is 4.87. The average molecular weight is 295 g/mol. The molecule has 2 atom stereocenters. The fourth-order valence-electron chi connectivity index (χ4n) is 2.43. The smallest absolute Gasteiger partial charge is 0.0704 e. The molecule has 2 unspecified atom stereocenters. The van der Waals surface area contributed by atoms with Gasteiger partial charge in [0.1, 0.15) is 0 Å². The van der Waals surface area contributed by atoms with Crippen LogP contribution in [-0.4, -0.2) is 17.0 Å². The predicted molar refractivity (Wildman–Crippen MR) is 89.1 cm³/mol. The number of nitrogens with two attached hydrogens (primary N) is 1. The van der Waals surface area contributed by atoms with Crippen LogP contribution in [0.3, 0.4) is 0 Å². The van der Waals surface area contributed by atoms with Gasteiger partial charge < -0.3 is 10.8 Å². The Morgan fingerprint density at radius 2 is 1.85 bits per heavy atom. The van der Waals surface area contributed by atoms with Gasteiger partial charge in [0.15, 0.2) is 0 Å². The molecule has 0 aliphatic heterocycles. The number of aliphatic hydroxyl groups excluding tert-OH is 1. The van der Waals surface area contributed by atoms with Crippen molar-refractivity contribution in [1.82, 2.24) is 0 Å². The lowest BCUT2D eigenvalue weighted by Gasteiger charge is -2.17. The maximum atomic E-state index is 9.59.